The molecule has 0 bridgehead atoms. The number of anilines is 1. The normalized spacial score (nSPS) is 24.7. The van der Waals surface area contributed by atoms with Crippen molar-refractivity contribution in [1.82, 2.24) is 30.2 Å². The molecule has 0 radical (unpaired) electrons. The number of ether oxygens (including phenoxy) is 1. The van der Waals surface area contributed by atoms with Gasteiger partial charge in [0.15, 0.2) is 17.7 Å². The van der Waals surface area contributed by atoms with Crippen molar-refractivity contribution in [2.24, 2.45) is 0 Å². The number of nitrogen functional groups attached to an aromatic ring is 1. The fourth-order valence-electron chi connectivity index (χ4n) is 3.95. The zero-order chi connectivity index (χ0) is 37.2. The average molecular weight is 812 g/mol. The zero-order valence-corrected chi connectivity index (χ0v) is 29.2. The van der Waals surface area contributed by atoms with Crippen LogP contribution in [0.3, 0.4) is 0 Å². The highest BCUT2D eigenvalue weighted by molar-refractivity contribution is 7.66. The van der Waals surface area contributed by atoms with E-state index in [2.05, 4.69) is 38.7 Å². The molecule has 14 N–H and O–H groups in total. The summed E-state index contributed by atoms with van der Waals surface area (Å²) in [5.74, 6) is 0.813. The monoisotopic (exact) mass is 811 g/mol. The highest BCUT2D eigenvalue weighted by Crippen LogP contribution is 2.66. The summed E-state index contributed by atoms with van der Waals surface area (Å²) in [6.07, 6.45) is -8.90. The lowest BCUT2D eigenvalue weighted by Crippen LogP contribution is -2.50. The molecule has 10 atom stereocenters. The molecule has 0 aromatic carbocycles. The van der Waals surface area contributed by atoms with Crippen LogP contribution in [-0.4, -0.2) is 157 Å². The number of phosphoric ester groups is 1. The van der Waals surface area contributed by atoms with Gasteiger partial charge >= 0.3 is 23.5 Å². The van der Waals surface area contributed by atoms with Crippen molar-refractivity contribution in [2.45, 2.75) is 49.0 Å². The Labute approximate surface area is 287 Å². The van der Waals surface area contributed by atoms with Gasteiger partial charge in [0.05, 0.1) is 25.1 Å². The second kappa shape index (κ2) is 19.7. The van der Waals surface area contributed by atoms with E-state index in [1.54, 1.807) is 0 Å². The van der Waals surface area contributed by atoms with Crippen molar-refractivity contribution in [1.29, 1.82) is 0 Å². The number of phosphoric acid groups is 3. The summed E-state index contributed by atoms with van der Waals surface area (Å²) >= 11 is 10.9. The Kier molecular flexibility index (Phi) is 17.8. The van der Waals surface area contributed by atoms with Gasteiger partial charge in [0.1, 0.15) is 42.4 Å². The van der Waals surface area contributed by atoms with Crippen LogP contribution < -0.4 is 16.4 Å². The van der Waals surface area contributed by atoms with Crippen LogP contribution >= 0.6 is 46.7 Å². The van der Waals surface area contributed by atoms with E-state index >= 15 is 0 Å². The van der Waals surface area contributed by atoms with Gasteiger partial charge in [0.25, 0.3) is 0 Å². The Morgan fingerprint density at radius 3 is 1.94 bits per heavy atom. The first kappa shape index (κ1) is 44.1. The molecular weight excluding hydrogens is 774 g/mol. The van der Waals surface area contributed by atoms with Gasteiger partial charge < -0.3 is 71.3 Å². The van der Waals surface area contributed by atoms with Crippen LogP contribution in [0.2, 0.25) is 0 Å². The number of fused-ring (bicyclic) bond motifs is 1. The molecule has 24 nitrogen and oxygen atoms in total. The highest BCUT2D eigenvalue weighted by atomic mass is 35.5. The molecule has 29 heteroatoms. The predicted molar refractivity (Wildman–Crippen MR) is 167 cm³/mol. The number of hydrogen-bond donors (Lipinski definition) is 13. The largest absolute Gasteiger partial charge is 0.490 e. The van der Waals surface area contributed by atoms with Crippen molar-refractivity contribution in [2.75, 3.05) is 50.3 Å². The number of aromatic nitrogens is 4. The topological polar surface area (TPSA) is 384 Å². The Hall–Kier alpha value is -1.02. The third-order valence-electron chi connectivity index (χ3n) is 6.20. The van der Waals surface area contributed by atoms with E-state index in [1.807, 2.05) is 0 Å². The fraction of sp³-hybridized carbons (Fsp3) is 0.750. The van der Waals surface area contributed by atoms with Crippen LogP contribution in [0.1, 0.15) is 6.23 Å². The predicted octanol–water partition coefficient (Wildman–Crippen LogP) is -3.54. The van der Waals surface area contributed by atoms with Gasteiger partial charge in [-0.1, -0.05) is 0 Å². The average Bonchev–Trinajstić information content (AvgIpc) is 3.55. The molecule has 2 aromatic rings. The minimum atomic E-state index is -5.70. The van der Waals surface area contributed by atoms with Crippen molar-refractivity contribution in [3.63, 3.8) is 0 Å². The van der Waals surface area contributed by atoms with Gasteiger partial charge in [-0.2, -0.15) is 8.62 Å². The number of aliphatic hydroxyl groups excluding tert-OH is 6. The lowest BCUT2D eigenvalue weighted by atomic mass is 10.0. The number of nitrogens with zero attached hydrogens (tertiary/aromatic N) is 4. The van der Waals surface area contributed by atoms with Crippen LogP contribution in [0.15, 0.2) is 12.7 Å². The third kappa shape index (κ3) is 14.1. The molecule has 49 heavy (non-hydrogen) atoms. The number of imidazole rings is 1. The number of halogens is 2. The molecule has 1 aliphatic heterocycles. The van der Waals surface area contributed by atoms with Crippen molar-refractivity contribution < 1.29 is 81.8 Å². The Morgan fingerprint density at radius 1 is 0.878 bits per heavy atom. The molecule has 3 rings (SSSR count). The number of alkyl halides is 2. The van der Waals surface area contributed by atoms with Crippen LogP contribution in [0.4, 0.5) is 5.82 Å². The lowest BCUT2D eigenvalue weighted by Gasteiger charge is -2.26. The number of hydrogen-bond acceptors (Lipinski definition) is 19. The molecule has 0 aliphatic carbocycles. The van der Waals surface area contributed by atoms with E-state index in [1.165, 1.54) is 10.9 Å². The molecule has 3 heterocycles. The molecule has 1 fully saturated rings. The standard InChI is InChI=1S/C10H22Cl2N2O4.C10H16N5O13P3/c11-1-3-13-5-7(15)9(17)10(18)8(16)6-14-4-2-12;11-8-5-9(13-2-12-8)15(3-14-5)10-7(17)6(16)4(26-10)1-25-30(21,22)28-31(23,24)27-29(18,19)20/h7-10,13-18H,1-6H2;2-4,6-7,10,16-17H,1H2,(H,21,22)(H,23,24)(H2,11,12,13)(H2,18,19,20). The maximum atomic E-state index is 11.8. The van der Waals surface area contributed by atoms with E-state index in [-0.39, 0.29) is 30.1 Å². The first-order valence-electron chi connectivity index (χ1n) is 13.7. The Bertz CT molecular complexity index is 1440. The third-order valence-corrected chi connectivity index (χ3v) is 10.4. The van der Waals surface area contributed by atoms with Crippen LogP contribution in [0.5, 0.6) is 0 Å². The summed E-state index contributed by atoms with van der Waals surface area (Å²) in [6, 6.07) is 0. The Balaban J connectivity index is 0.000000397. The second-order valence-corrected chi connectivity index (χ2v) is 15.1. The van der Waals surface area contributed by atoms with Gasteiger partial charge in [0, 0.05) is 37.9 Å². The first-order valence-corrected chi connectivity index (χ1v) is 19.3. The van der Waals surface area contributed by atoms with Crippen molar-refractivity contribution in [3.8, 4) is 0 Å². The van der Waals surface area contributed by atoms with Crippen LogP contribution in [-0.2, 0) is 31.6 Å². The molecule has 0 amide bonds. The zero-order valence-electron chi connectivity index (χ0n) is 25.0. The van der Waals surface area contributed by atoms with Gasteiger partial charge in [-0.3, -0.25) is 9.09 Å². The molecule has 0 saturated carbocycles. The smallest absolute Gasteiger partial charge is 0.389 e. The summed E-state index contributed by atoms with van der Waals surface area (Å²) in [4.78, 5) is 47.2. The summed E-state index contributed by atoms with van der Waals surface area (Å²) in [7, 11) is -16.7. The molecule has 284 valence electrons. The number of aliphatic hydroxyl groups is 6. The second-order valence-electron chi connectivity index (χ2n) is 9.92. The summed E-state index contributed by atoms with van der Waals surface area (Å²) < 4.78 is 51.9. The molecule has 0 spiro atoms. The van der Waals surface area contributed by atoms with Crippen molar-refractivity contribution in [3.05, 3.63) is 12.7 Å². The summed E-state index contributed by atoms with van der Waals surface area (Å²) in [6.45, 7) is 0.199. The van der Waals surface area contributed by atoms with Crippen LogP contribution in [0.25, 0.3) is 11.2 Å². The summed E-state index contributed by atoms with van der Waals surface area (Å²) in [5, 5.41) is 64.4. The van der Waals surface area contributed by atoms with Gasteiger partial charge in [0.2, 0.25) is 0 Å². The van der Waals surface area contributed by atoms with Crippen LogP contribution in [0, 0.1) is 0 Å². The molecular formula is C20H38Cl2N7O17P3. The maximum absolute atomic E-state index is 11.8. The van der Waals surface area contributed by atoms with Gasteiger partial charge in [-0.15, -0.1) is 23.2 Å². The molecule has 1 aliphatic rings. The van der Waals surface area contributed by atoms with E-state index < -0.39 is 79.0 Å². The minimum absolute atomic E-state index is 0.0426. The molecule has 2 aromatic heterocycles. The molecule has 1 saturated heterocycles. The van der Waals surface area contributed by atoms with Gasteiger partial charge in [-0.05, 0) is 0 Å². The SMILES string of the molecule is Nc1ncnc2c1ncn2C1OC(COP(=O)(O)OP(=O)(O)OP(=O)(O)O)C(O)C1O.OC(CNCCCl)C(O)C(O)C(O)CNCCCl. The highest BCUT2D eigenvalue weighted by Gasteiger charge is 2.47. The quantitative estimate of drug-likeness (QED) is 0.0371. The lowest BCUT2D eigenvalue weighted by molar-refractivity contribution is -0.102. The van der Waals surface area contributed by atoms with Crippen molar-refractivity contribution >= 4 is 63.7 Å². The number of nitrogens with one attached hydrogen (secondary N) is 2. The minimum Gasteiger partial charge on any atom is -0.389 e. The van der Waals surface area contributed by atoms with E-state index in [4.69, 9.17) is 48.4 Å². The molecule has 10 unspecified atom stereocenters. The number of nitrogens with two attached hydrogens (primary N) is 1. The van der Waals surface area contributed by atoms with E-state index in [0.717, 1.165) is 6.33 Å². The van der Waals surface area contributed by atoms with E-state index in [9.17, 15) is 49.2 Å². The number of rotatable bonds is 19. The fourth-order valence-corrected chi connectivity index (χ4v) is 7.25. The first-order chi connectivity index (χ1) is 22.7. The summed E-state index contributed by atoms with van der Waals surface area (Å²) in [5.41, 5.74) is 6.00. The van der Waals surface area contributed by atoms with Gasteiger partial charge in [-0.25, -0.2) is 28.6 Å². The van der Waals surface area contributed by atoms with E-state index in [0.29, 0.717) is 24.8 Å². The Morgan fingerprint density at radius 2 is 1.43 bits per heavy atom. The maximum Gasteiger partial charge on any atom is 0.490 e.